The highest BCUT2D eigenvalue weighted by Gasteiger charge is 2.55. The molecule has 68 valence electrons. The van der Waals surface area contributed by atoms with E-state index in [0.717, 1.165) is 18.3 Å². The minimum Gasteiger partial charge on any atom is -0.390 e. The lowest BCUT2D eigenvalue weighted by Gasteiger charge is -2.25. The summed E-state index contributed by atoms with van der Waals surface area (Å²) in [5.41, 5.74) is 0. The molecule has 0 unspecified atom stereocenters. The van der Waals surface area contributed by atoms with Gasteiger partial charge in [-0.05, 0) is 49.4 Å². The lowest BCUT2D eigenvalue weighted by molar-refractivity contribution is 0.00654. The van der Waals surface area contributed by atoms with E-state index in [1.165, 1.54) is 19.3 Å². The number of aliphatic hydroxyl groups excluding tert-OH is 2. The second-order valence-corrected chi connectivity index (χ2v) is 4.87. The van der Waals surface area contributed by atoms with Crippen LogP contribution in [0.15, 0.2) is 0 Å². The van der Waals surface area contributed by atoms with Gasteiger partial charge in [-0.1, -0.05) is 0 Å². The summed E-state index contributed by atoms with van der Waals surface area (Å²) in [4.78, 5) is 0. The van der Waals surface area contributed by atoms with Crippen molar-refractivity contribution >= 4 is 0 Å². The van der Waals surface area contributed by atoms with Gasteiger partial charge < -0.3 is 10.2 Å². The zero-order valence-electron chi connectivity index (χ0n) is 7.19. The van der Waals surface area contributed by atoms with Gasteiger partial charge in [0.1, 0.15) is 0 Å². The maximum absolute atomic E-state index is 9.74. The normalized spacial score (nSPS) is 62.5. The minimum atomic E-state index is -0.414. The summed E-state index contributed by atoms with van der Waals surface area (Å²) >= 11 is 0. The predicted molar refractivity (Wildman–Crippen MR) is 44.4 cm³/mol. The summed E-state index contributed by atoms with van der Waals surface area (Å²) in [7, 11) is 0. The lowest BCUT2D eigenvalue weighted by Crippen LogP contribution is -2.29. The fraction of sp³-hybridized carbons (Fsp3) is 1.00. The smallest absolute Gasteiger partial charge is 0.0832 e. The molecule has 0 spiro atoms. The SMILES string of the molecule is O[C@H]1[C@@H]2[C@@H]3CC[C@@H](C3)[C@H]2C[C@H]1O. The summed E-state index contributed by atoms with van der Waals surface area (Å²) in [6.07, 6.45) is 4.04. The largest absolute Gasteiger partial charge is 0.390 e. The second-order valence-electron chi connectivity index (χ2n) is 4.87. The molecule has 2 heteroatoms. The van der Waals surface area contributed by atoms with Crippen LogP contribution >= 0.6 is 0 Å². The summed E-state index contributed by atoms with van der Waals surface area (Å²) in [6, 6.07) is 0. The van der Waals surface area contributed by atoms with Crippen molar-refractivity contribution in [2.75, 3.05) is 0 Å². The predicted octanol–water partition coefficient (Wildman–Crippen LogP) is 0.774. The maximum atomic E-state index is 9.74. The Bertz CT molecular complexity index is 202. The van der Waals surface area contributed by atoms with Crippen LogP contribution in [0.1, 0.15) is 25.7 Å². The summed E-state index contributed by atoms with van der Waals surface area (Å²) in [5, 5.41) is 19.3. The third kappa shape index (κ3) is 0.728. The van der Waals surface area contributed by atoms with Gasteiger partial charge in [-0.25, -0.2) is 0 Å². The Balaban J connectivity index is 1.90. The van der Waals surface area contributed by atoms with Crippen LogP contribution in [0, 0.1) is 23.7 Å². The van der Waals surface area contributed by atoms with Gasteiger partial charge in [0.05, 0.1) is 12.2 Å². The molecule has 2 nitrogen and oxygen atoms in total. The molecule has 2 N–H and O–H groups in total. The van der Waals surface area contributed by atoms with Crippen molar-refractivity contribution in [3.8, 4) is 0 Å². The van der Waals surface area contributed by atoms with Crippen LogP contribution in [0.25, 0.3) is 0 Å². The highest BCUT2D eigenvalue weighted by molar-refractivity contribution is 5.05. The summed E-state index contributed by atoms with van der Waals surface area (Å²) in [5.74, 6) is 2.70. The van der Waals surface area contributed by atoms with E-state index in [1.54, 1.807) is 0 Å². The third-order valence-corrected chi connectivity index (χ3v) is 4.46. The molecule has 0 aromatic carbocycles. The number of hydrogen-bond donors (Lipinski definition) is 2. The number of hydrogen-bond acceptors (Lipinski definition) is 2. The number of fused-ring (bicyclic) bond motifs is 5. The van der Waals surface area contributed by atoms with Crippen LogP contribution in [0.4, 0.5) is 0 Å². The fourth-order valence-electron chi connectivity index (χ4n) is 4.01. The van der Waals surface area contributed by atoms with E-state index in [0.29, 0.717) is 11.8 Å². The van der Waals surface area contributed by atoms with E-state index < -0.39 is 12.2 Å². The third-order valence-electron chi connectivity index (χ3n) is 4.46. The maximum Gasteiger partial charge on any atom is 0.0832 e. The molecular formula is C10H16O2. The fourth-order valence-corrected chi connectivity index (χ4v) is 4.01. The molecule has 0 aromatic heterocycles. The van der Waals surface area contributed by atoms with Gasteiger partial charge in [0.25, 0.3) is 0 Å². The summed E-state index contributed by atoms with van der Waals surface area (Å²) in [6.45, 7) is 0. The van der Waals surface area contributed by atoms with E-state index in [9.17, 15) is 10.2 Å². The first kappa shape index (κ1) is 7.34. The van der Waals surface area contributed by atoms with Crippen molar-refractivity contribution in [1.29, 1.82) is 0 Å². The molecule has 0 saturated heterocycles. The van der Waals surface area contributed by atoms with Crippen LogP contribution in [0.5, 0.6) is 0 Å². The van der Waals surface area contributed by atoms with Crippen LogP contribution in [-0.2, 0) is 0 Å². The summed E-state index contributed by atoms with van der Waals surface area (Å²) < 4.78 is 0. The van der Waals surface area contributed by atoms with Gasteiger partial charge in [-0.2, -0.15) is 0 Å². The van der Waals surface area contributed by atoms with Crippen LogP contribution in [-0.4, -0.2) is 22.4 Å². The van der Waals surface area contributed by atoms with E-state index in [-0.39, 0.29) is 0 Å². The van der Waals surface area contributed by atoms with E-state index in [2.05, 4.69) is 0 Å². The van der Waals surface area contributed by atoms with Crippen molar-refractivity contribution in [3.63, 3.8) is 0 Å². The van der Waals surface area contributed by atoms with Gasteiger partial charge >= 0.3 is 0 Å². The van der Waals surface area contributed by atoms with Crippen LogP contribution in [0.2, 0.25) is 0 Å². The quantitative estimate of drug-likeness (QED) is 0.561. The van der Waals surface area contributed by atoms with Crippen molar-refractivity contribution < 1.29 is 10.2 Å². The van der Waals surface area contributed by atoms with Gasteiger partial charge in [0.2, 0.25) is 0 Å². The Labute approximate surface area is 72.6 Å². The van der Waals surface area contributed by atoms with Crippen molar-refractivity contribution in [2.24, 2.45) is 23.7 Å². The van der Waals surface area contributed by atoms with Crippen molar-refractivity contribution in [1.82, 2.24) is 0 Å². The van der Waals surface area contributed by atoms with Gasteiger partial charge in [-0.3, -0.25) is 0 Å². The highest BCUT2D eigenvalue weighted by Crippen LogP contribution is 2.58. The molecule has 2 bridgehead atoms. The van der Waals surface area contributed by atoms with E-state index in [1.807, 2.05) is 0 Å². The topological polar surface area (TPSA) is 40.5 Å². The zero-order chi connectivity index (χ0) is 8.29. The molecule has 0 aromatic rings. The monoisotopic (exact) mass is 168 g/mol. The van der Waals surface area contributed by atoms with Crippen molar-refractivity contribution in [3.05, 3.63) is 0 Å². The molecule has 3 saturated carbocycles. The minimum absolute atomic E-state index is 0.398. The van der Waals surface area contributed by atoms with E-state index in [4.69, 9.17) is 0 Å². The first-order chi connectivity index (χ1) is 5.77. The van der Waals surface area contributed by atoms with Gasteiger partial charge in [-0.15, -0.1) is 0 Å². The molecule has 0 aliphatic heterocycles. The molecule has 6 atom stereocenters. The lowest BCUT2D eigenvalue weighted by atomic mass is 9.81. The molecule has 3 aliphatic carbocycles. The molecule has 3 rings (SSSR count). The Morgan fingerprint density at radius 2 is 1.67 bits per heavy atom. The second kappa shape index (κ2) is 2.24. The molecule has 3 aliphatic rings. The first-order valence-corrected chi connectivity index (χ1v) is 5.13. The standard InChI is InChI=1S/C10H16O2/c11-8-4-7-5-1-2-6(3-5)9(7)10(8)12/h5-12H,1-4H2/t5-,6+,7+,8+,9+,10+/m0/s1. The van der Waals surface area contributed by atoms with Crippen molar-refractivity contribution in [2.45, 2.75) is 37.9 Å². The molecule has 3 fully saturated rings. The Morgan fingerprint density at radius 1 is 0.917 bits per heavy atom. The zero-order valence-corrected chi connectivity index (χ0v) is 7.19. The van der Waals surface area contributed by atoms with Crippen LogP contribution in [0.3, 0.4) is 0 Å². The molecule has 0 radical (unpaired) electrons. The molecular weight excluding hydrogens is 152 g/mol. The van der Waals surface area contributed by atoms with Crippen LogP contribution < -0.4 is 0 Å². The van der Waals surface area contributed by atoms with Gasteiger partial charge in [0.15, 0.2) is 0 Å². The number of aliphatic hydroxyl groups is 2. The van der Waals surface area contributed by atoms with E-state index >= 15 is 0 Å². The molecule has 0 amide bonds. The average Bonchev–Trinajstić information content (AvgIpc) is 2.66. The Kier molecular flexibility index (Phi) is 1.37. The molecule has 0 heterocycles. The highest BCUT2D eigenvalue weighted by atomic mass is 16.3. The Morgan fingerprint density at radius 3 is 2.42 bits per heavy atom. The average molecular weight is 168 g/mol. The Hall–Kier alpha value is -0.0800. The first-order valence-electron chi connectivity index (χ1n) is 5.13. The number of rotatable bonds is 0. The van der Waals surface area contributed by atoms with Gasteiger partial charge in [0, 0.05) is 0 Å². The molecule has 12 heavy (non-hydrogen) atoms.